The van der Waals surface area contributed by atoms with E-state index in [4.69, 9.17) is 0 Å². The molecule has 0 amide bonds. The molecule has 4 nitrogen and oxygen atoms in total. The van der Waals surface area contributed by atoms with Crippen LogP contribution in [0.3, 0.4) is 0 Å². The van der Waals surface area contributed by atoms with Crippen LogP contribution in [0.5, 0.6) is 0 Å². The fraction of sp³-hybridized carbons (Fsp3) is 0.467. The lowest BCUT2D eigenvalue weighted by Gasteiger charge is -2.09. The van der Waals surface area contributed by atoms with Crippen molar-refractivity contribution in [2.24, 2.45) is 0 Å². The van der Waals surface area contributed by atoms with Crippen LogP contribution in [0.15, 0.2) is 30.6 Å². The summed E-state index contributed by atoms with van der Waals surface area (Å²) in [7, 11) is 0. The summed E-state index contributed by atoms with van der Waals surface area (Å²) in [5.41, 5.74) is 0.108. The number of halogens is 3. The van der Waals surface area contributed by atoms with Gasteiger partial charge in [-0.1, -0.05) is 12.8 Å². The maximum atomic E-state index is 12.4. The molecule has 22 heavy (non-hydrogen) atoms. The normalized spacial score (nSPS) is 16.1. The minimum Gasteiger partial charge on any atom is -0.364 e. The molecular formula is C15H17F3N4. The summed E-state index contributed by atoms with van der Waals surface area (Å²) in [6.07, 6.45) is 3.25. The molecule has 1 fully saturated rings. The monoisotopic (exact) mass is 310 g/mol. The standard InChI is InChI=1S/C15H17F3N4/c16-15(17,18)11-5-6-14(19-9-11)20-10-12-7-8-22(21-12)13-3-1-2-4-13/h5-9,13H,1-4,10H2,(H,19,20). The second-order valence-corrected chi connectivity index (χ2v) is 5.51. The van der Waals surface area contributed by atoms with Crippen LogP contribution in [0.2, 0.25) is 0 Å². The van der Waals surface area contributed by atoms with Gasteiger partial charge in [0.25, 0.3) is 0 Å². The van der Waals surface area contributed by atoms with Crippen LogP contribution in [0.4, 0.5) is 19.0 Å². The Bertz CT molecular complexity index is 612. The van der Waals surface area contributed by atoms with E-state index in [2.05, 4.69) is 15.4 Å². The Morgan fingerprint density at radius 1 is 1.18 bits per heavy atom. The van der Waals surface area contributed by atoms with E-state index in [1.54, 1.807) is 0 Å². The van der Waals surface area contributed by atoms with Crippen molar-refractivity contribution in [3.05, 3.63) is 41.9 Å². The number of nitrogens with one attached hydrogen (secondary N) is 1. The maximum absolute atomic E-state index is 12.4. The van der Waals surface area contributed by atoms with Gasteiger partial charge in [0.15, 0.2) is 0 Å². The number of rotatable bonds is 4. The summed E-state index contributed by atoms with van der Waals surface area (Å²) in [5, 5.41) is 7.50. The molecule has 0 radical (unpaired) electrons. The molecule has 0 aromatic carbocycles. The summed E-state index contributed by atoms with van der Waals surface area (Å²) in [4.78, 5) is 3.78. The molecule has 2 aromatic rings. The number of aromatic nitrogens is 3. The topological polar surface area (TPSA) is 42.7 Å². The molecular weight excluding hydrogens is 293 g/mol. The molecule has 0 spiro atoms. The van der Waals surface area contributed by atoms with Gasteiger partial charge in [-0.15, -0.1) is 0 Å². The van der Waals surface area contributed by atoms with Crippen molar-refractivity contribution in [1.29, 1.82) is 0 Å². The van der Waals surface area contributed by atoms with Crippen LogP contribution < -0.4 is 5.32 Å². The lowest BCUT2D eigenvalue weighted by molar-refractivity contribution is -0.137. The highest BCUT2D eigenvalue weighted by molar-refractivity contribution is 5.36. The Morgan fingerprint density at radius 2 is 1.95 bits per heavy atom. The molecule has 3 rings (SSSR count). The summed E-state index contributed by atoms with van der Waals surface area (Å²) in [6.45, 7) is 0.443. The van der Waals surface area contributed by atoms with Gasteiger partial charge >= 0.3 is 6.18 Å². The van der Waals surface area contributed by atoms with Crippen LogP contribution in [0, 0.1) is 0 Å². The molecule has 2 aromatic heterocycles. The molecule has 1 N–H and O–H groups in total. The van der Waals surface area contributed by atoms with Crippen molar-refractivity contribution in [1.82, 2.24) is 14.8 Å². The SMILES string of the molecule is FC(F)(F)c1ccc(NCc2ccn(C3CCCC3)n2)nc1. The van der Waals surface area contributed by atoms with E-state index in [0.717, 1.165) is 30.8 Å². The fourth-order valence-electron chi connectivity index (χ4n) is 2.69. The Kier molecular flexibility index (Phi) is 4.04. The highest BCUT2D eigenvalue weighted by Gasteiger charge is 2.30. The molecule has 0 bridgehead atoms. The predicted molar refractivity (Wildman–Crippen MR) is 76.3 cm³/mol. The van der Waals surface area contributed by atoms with Crippen molar-refractivity contribution >= 4 is 5.82 Å². The van der Waals surface area contributed by atoms with E-state index in [1.807, 2.05) is 16.9 Å². The van der Waals surface area contributed by atoms with Crippen molar-refractivity contribution in [3.63, 3.8) is 0 Å². The van der Waals surface area contributed by atoms with Gasteiger partial charge in [-0.2, -0.15) is 18.3 Å². The number of hydrogen-bond acceptors (Lipinski definition) is 3. The van der Waals surface area contributed by atoms with E-state index < -0.39 is 11.7 Å². The average molecular weight is 310 g/mol. The zero-order chi connectivity index (χ0) is 15.6. The van der Waals surface area contributed by atoms with Crippen molar-refractivity contribution in [3.8, 4) is 0 Å². The van der Waals surface area contributed by atoms with Gasteiger partial charge < -0.3 is 5.32 Å². The van der Waals surface area contributed by atoms with Crippen LogP contribution in [0.1, 0.15) is 43.0 Å². The molecule has 1 aliphatic carbocycles. The van der Waals surface area contributed by atoms with E-state index in [0.29, 0.717) is 18.4 Å². The van der Waals surface area contributed by atoms with E-state index in [1.165, 1.54) is 18.9 Å². The van der Waals surface area contributed by atoms with Gasteiger partial charge in [-0.3, -0.25) is 4.68 Å². The van der Waals surface area contributed by atoms with Crippen LogP contribution in [-0.2, 0) is 12.7 Å². The van der Waals surface area contributed by atoms with E-state index in [-0.39, 0.29) is 0 Å². The minimum atomic E-state index is -4.36. The Balaban J connectivity index is 1.58. The lowest BCUT2D eigenvalue weighted by Crippen LogP contribution is -2.08. The maximum Gasteiger partial charge on any atom is 0.417 e. The number of pyridine rings is 1. The minimum absolute atomic E-state index is 0.406. The predicted octanol–water partition coefficient (Wildman–Crippen LogP) is 4.02. The van der Waals surface area contributed by atoms with Crippen LogP contribution in [0.25, 0.3) is 0 Å². The summed E-state index contributed by atoms with van der Waals surface area (Å²) in [5.74, 6) is 0.406. The lowest BCUT2D eigenvalue weighted by atomic mass is 10.3. The highest BCUT2D eigenvalue weighted by atomic mass is 19.4. The molecule has 1 aliphatic rings. The zero-order valence-corrected chi connectivity index (χ0v) is 12.0. The first-order chi connectivity index (χ1) is 10.5. The average Bonchev–Trinajstić information content (AvgIpc) is 3.15. The summed E-state index contributed by atoms with van der Waals surface area (Å²) < 4.78 is 39.3. The number of hydrogen-bond donors (Lipinski definition) is 1. The Morgan fingerprint density at radius 3 is 2.59 bits per heavy atom. The zero-order valence-electron chi connectivity index (χ0n) is 12.0. The Hall–Kier alpha value is -2.05. The quantitative estimate of drug-likeness (QED) is 0.927. The van der Waals surface area contributed by atoms with Crippen molar-refractivity contribution < 1.29 is 13.2 Å². The number of nitrogens with zero attached hydrogens (tertiary/aromatic N) is 3. The smallest absolute Gasteiger partial charge is 0.364 e. The van der Waals surface area contributed by atoms with E-state index in [9.17, 15) is 13.2 Å². The van der Waals surface area contributed by atoms with Gasteiger partial charge in [0, 0.05) is 12.4 Å². The van der Waals surface area contributed by atoms with Crippen LogP contribution >= 0.6 is 0 Å². The van der Waals surface area contributed by atoms with Crippen molar-refractivity contribution in [2.75, 3.05) is 5.32 Å². The third kappa shape index (κ3) is 3.40. The molecule has 0 saturated heterocycles. The number of anilines is 1. The fourth-order valence-corrected chi connectivity index (χ4v) is 2.69. The van der Waals surface area contributed by atoms with Crippen molar-refractivity contribution in [2.45, 2.75) is 44.4 Å². The third-order valence-electron chi connectivity index (χ3n) is 3.90. The molecule has 1 saturated carbocycles. The van der Waals surface area contributed by atoms with Gasteiger partial charge in [0.05, 0.1) is 23.8 Å². The molecule has 0 atom stereocenters. The largest absolute Gasteiger partial charge is 0.417 e. The van der Waals surface area contributed by atoms with Gasteiger partial charge in [0.1, 0.15) is 5.82 Å². The van der Waals surface area contributed by atoms with Gasteiger partial charge in [-0.05, 0) is 31.0 Å². The Labute approximate surface area is 126 Å². The first-order valence-corrected chi connectivity index (χ1v) is 7.33. The summed E-state index contributed by atoms with van der Waals surface area (Å²) in [6, 6.07) is 4.76. The molecule has 2 heterocycles. The van der Waals surface area contributed by atoms with Gasteiger partial charge in [-0.25, -0.2) is 4.98 Å². The molecule has 118 valence electrons. The van der Waals surface area contributed by atoms with E-state index >= 15 is 0 Å². The molecule has 0 aliphatic heterocycles. The van der Waals surface area contributed by atoms with Crippen LogP contribution in [-0.4, -0.2) is 14.8 Å². The second kappa shape index (κ2) is 5.98. The second-order valence-electron chi connectivity index (χ2n) is 5.51. The van der Waals surface area contributed by atoms with Gasteiger partial charge in [0.2, 0.25) is 0 Å². The summed E-state index contributed by atoms with van der Waals surface area (Å²) >= 11 is 0. The highest BCUT2D eigenvalue weighted by Crippen LogP contribution is 2.29. The third-order valence-corrected chi connectivity index (χ3v) is 3.90. The number of alkyl halides is 3. The molecule has 0 unspecified atom stereocenters. The molecule has 7 heteroatoms. The first kappa shape index (κ1) is 14.9. The first-order valence-electron chi connectivity index (χ1n) is 7.33.